The lowest BCUT2D eigenvalue weighted by molar-refractivity contribution is -0.120. The van der Waals surface area contributed by atoms with Crippen LogP contribution in [0.15, 0.2) is 29.2 Å². The molecule has 6 nitrogen and oxygen atoms in total. The molecule has 0 aromatic heterocycles. The van der Waals surface area contributed by atoms with Gasteiger partial charge in [-0.1, -0.05) is 13.8 Å². The Morgan fingerprint density at radius 3 is 2.33 bits per heavy atom. The van der Waals surface area contributed by atoms with Crippen LogP contribution in [0, 0.1) is 5.92 Å². The fourth-order valence-electron chi connectivity index (χ4n) is 1.58. The first kappa shape index (κ1) is 17.5. The molecule has 0 saturated heterocycles. The van der Waals surface area contributed by atoms with Crippen LogP contribution in [-0.2, 0) is 14.8 Å². The van der Waals surface area contributed by atoms with Crippen LogP contribution in [-0.4, -0.2) is 34.0 Å². The Hall–Kier alpha value is -1.60. The number of hydrogen-bond donors (Lipinski definition) is 3. The molecule has 0 spiro atoms. The minimum Gasteiger partial charge on any atom is -0.385 e. The van der Waals surface area contributed by atoms with Crippen LogP contribution in [0.5, 0.6) is 0 Å². The van der Waals surface area contributed by atoms with Gasteiger partial charge in [-0.05, 0) is 37.1 Å². The average Bonchev–Trinajstić information content (AvgIpc) is 2.44. The number of sulfonamides is 1. The van der Waals surface area contributed by atoms with Gasteiger partial charge >= 0.3 is 0 Å². The molecule has 0 aliphatic carbocycles. The highest BCUT2D eigenvalue weighted by Gasteiger charge is 2.15. The summed E-state index contributed by atoms with van der Waals surface area (Å²) in [5.74, 6) is -0.0132. The van der Waals surface area contributed by atoms with E-state index in [1.807, 2.05) is 20.8 Å². The van der Waals surface area contributed by atoms with E-state index in [0.717, 1.165) is 12.2 Å². The second-order valence-electron chi connectivity index (χ2n) is 5.08. The molecular weight excluding hydrogens is 290 g/mol. The molecule has 1 rings (SSSR count). The third kappa shape index (κ3) is 6.14. The topological polar surface area (TPSA) is 87.3 Å². The molecular formula is C14H23N3O3S. The van der Waals surface area contributed by atoms with Gasteiger partial charge in [0.2, 0.25) is 15.9 Å². The first-order valence-corrected chi connectivity index (χ1v) is 8.43. The number of amides is 1. The third-order valence-electron chi connectivity index (χ3n) is 2.68. The zero-order chi connectivity index (χ0) is 15.9. The van der Waals surface area contributed by atoms with Crippen molar-refractivity contribution >= 4 is 21.6 Å². The van der Waals surface area contributed by atoms with Gasteiger partial charge in [0.15, 0.2) is 0 Å². The van der Waals surface area contributed by atoms with Gasteiger partial charge in [-0.15, -0.1) is 0 Å². The van der Waals surface area contributed by atoms with E-state index >= 15 is 0 Å². The Kier molecular flexibility index (Phi) is 6.64. The van der Waals surface area contributed by atoms with E-state index in [2.05, 4.69) is 15.4 Å². The summed E-state index contributed by atoms with van der Waals surface area (Å²) < 4.78 is 26.4. The van der Waals surface area contributed by atoms with E-state index in [1.165, 1.54) is 12.1 Å². The van der Waals surface area contributed by atoms with Gasteiger partial charge in [0.1, 0.15) is 0 Å². The predicted molar refractivity (Wildman–Crippen MR) is 83.6 cm³/mol. The quantitative estimate of drug-likeness (QED) is 0.672. The molecule has 118 valence electrons. The minimum atomic E-state index is -3.66. The van der Waals surface area contributed by atoms with Gasteiger partial charge in [-0.3, -0.25) is 4.79 Å². The van der Waals surface area contributed by atoms with E-state index in [-0.39, 0.29) is 17.3 Å². The minimum absolute atomic E-state index is 0.140. The SMILES string of the molecule is CCNc1ccc(S(=O)(=O)NCC(=O)NCC(C)C)cc1. The Bertz CT molecular complexity index is 553. The Morgan fingerprint density at radius 2 is 1.81 bits per heavy atom. The van der Waals surface area contributed by atoms with Gasteiger partial charge in [-0.25, -0.2) is 13.1 Å². The van der Waals surface area contributed by atoms with Gasteiger partial charge in [0, 0.05) is 18.8 Å². The standard InChI is InChI=1S/C14H23N3O3S/c1-4-15-12-5-7-13(8-6-12)21(19,20)17-10-14(18)16-9-11(2)3/h5-8,11,15,17H,4,9-10H2,1-3H3,(H,16,18). The average molecular weight is 313 g/mol. The lowest BCUT2D eigenvalue weighted by Crippen LogP contribution is -2.38. The number of carbonyl (C=O) groups excluding carboxylic acids is 1. The summed E-state index contributed by atoms with van der Waals surface area (Å²) in [6, 6.07) is 6.40. The Balaban J connectivity index is 2.58. The van der Waals surface area contributed by atoms with Gasteiger partial charge < -0.3 is 10.6 Å². The molecule has 0 atom stereocenters. The number of rotatable bonds is 8. The highest BCUT2D eigenvalue weighted by molar-refractivity contribution is 7.89. The van der Waals surface area contributed by atoms with Crippen LogP contribution in [0.1, 0.15) is 20.8 Å². The lowest BCUT2D eigenvalue weighted by Gasteiger charge is -2.10. The van der Waals surface area contributed by atoms with E-state index in [0.29, 0.717) is 12.5 Å². The maximum absolute atomic E-state index is 12.0. The number of benzene rings is 1. The van der Waals surface area contributed by atoms with E-state index in [4.69, 9.17) is 0 Å². The summed E-state index contributed by atoms with van der Waals surface area (Å²) in [6.07, 6.45) is 0. The predicted octanol–water partition coefficient (Wildman–Crippen LogP) is 1.17. The van der Waals surface area contributed by atoms with E-state index < -0.39 is 10.0 Å². The van der Waals surface area contributed by atoms with Crippen molar-refractivity contribution in [1.29, 1.82) is 0 Å². The van der Waals surface area contributed by atoms with E-state index in [1.54, 1.807) is 12.1 Å². The molecule has 0 radical (unpaired) electrons. The van der Waals surface area contributed by atoms with Gasteiger partial charge in [0.05, 0.1) is 11.4 Å². The van der Waals surface area contributed by atoms with Crippen molar-refractivity contribution in [3.05, 3.63) is 24.3 Å². The van der Waals surface area contributed by atoms with Crippen molar-refractivity contribution in [2.45, 2.75) is 25.7 Å². The zero-order valence-corrected chi connectivity index (χ0v) is 13.5. The first-order valence-electron chi connectivity index (χ1n) is 6.95. The summed E-state index contributed by atoms with van der Waals surface area (Å²) >= 11 is 0. The van der Waals surface area contributed by atoms with Crippen molar-refractivity contribution in [1.82, 2.24) is 10.0 Å². The maximum Gasteiger partial charge on any atom is 0.241 e. The molecule has 3 N–H and O–H groups in total. The summed E-state index contributed by atoms with van der Waals surface area (Å²) in [5.41, 5.74) is 0.853. The number of nitrogens with one attached hydrogen (secondary N) is 3. The van der Waals surface area contributed by atoms with Gasteiger partial charge in [-0.2, -0.15) is 0 Å². The second-order valence-corrected chi connectivity index (χ2v) is 6.84. The third-order valence-corrected chi connectivity index (χ3v) is 4.09. The molecule has 1 aromatic rings. The molecule has 0 saturated carbocycles. The van der Waals surface area contributed by atoms with Crippen LogP contribution < -0.4 is 15.4 Å². The van der Waals surface area contributed by atoms with Crippen molar-refractivity contribution in [3.63, 3.8) is 0 Å². The lowest BCUT2D eigenvalue weighted by atomic mass is 10.2. The number of anilines is 1. The van der Waals surface area contributed by atoms with Crippen molar-refractivity contribution in [3.8, 4) is 0 Å². The highest BCUT2D eigenvalue weighted by Crippen LogP contribution is 2.13. The summed E-state index contributed by atoms with van der Waals surface area (Å²) in [7, 11) is -3.66. The number of hydrogen-bond acceptors (Lipinski definition) is 4. The molecule has 0 bridgehead atoms. The normalized spacial score (nSPS) is 11.4. The molecule has 0 aliphatic rings. The molecule has 0 aliphatic heterocycles. The van der Waals surface area contributed by atoms with Gasteiger partial charge in [0.25, 0.3) is 0 Å². The summed E-state index contributed by atoms with van der Waals surface area (Å²) in [4.78, 5) is 11.7. The molecule has 21 heavy (non-hydrogen) atoms. The molecule has 0 heterocycles. The fraction of sp³-hybridized carbons (Fsp3) is 0.500. The largest absolute Gasteiger partial charge is 0.385 e. The monoisotopic (exact) mass is 313 g/mol. The molecule has 1 amide bonds. The molecule has 1 aromatic carbocycles. The maximum atomic E-state index is 12.0. The number of carbonyl (C=O) groups is 1. The summed E-state index contributed by atoms with van der Waals surface area (Å²) in [6.45, 7) is 6.93. The van der Waals surface area contributed by atoms with Crippen LogP contribution in [0.25, 0.3) is 0 Å². The Labute approximate surface area is 126 Å². The molecule has 7 heteroatoms. The van der Waals surface area contributed by atoms with Crippen LogP contribution >= 0.6 is 0 Å². The second kappa shape index (κ2) is 7.99. The molecule has 0 unspecified atom stereocenters. The van der Waals surface area contributed by atoms with Crippen LogP contribution in [0.2, 0.25) is 0 Å². The van der Waals surface area contributed by atoms with E-state index in [9.17, 15) is 13.2 Å². The van der Waals surface area contributed by atoms with Crippen LogP contribution in [0.4, 0.5) is 5.69 Å². The smallest absolute Gasteiger partial charge is 0.241 e. The zero-order valence-electron chi connectivity index (χ0n) is 12.6. The van der Waals surface area contributed by atoms with Crippen molar-refractivity contribution < 1.29 is 13.2 Å². The van der Waals surface area contributed by atoms with Crippen molar-refractivity contribution in [2.24, 2.45) is 5.92 Å². The molecule has 0 fully saturated rings. The Morgan fingerprint density at radius 1 is 1.19 bits per heavy atom. The first-order chi connectivity index (χ1) is 9.85. The highest BCUT2D eigenvalue weighted by atomic mass is 32.2. The van der Waals surface area contributed by atoms with Crippen molar-refractivity contribution in [2.75, 3.05) is 25.0 Å². The summed E-state index contributed by atoms with van der Waals surface area (Å²) in [5, 5.41) is 5.74. The fourth-order valence-corrected chi connectivity index (χ4v) is 2.56. The van der Waals surface area contributed by atoms with Crippen LogP contribution in [0.3, 0.4) is 0 Å².